The summed E-state index contributed by atoms with van der Waals surface area (Å²) in [6.45, 7) is 9.56. The van der Waals surface area contributed by atoms with Gasteiger partial charge in [0.1, 0.15) is 13.2 Å². The Labute approximate surface area is 106 Å². The number of hydrogen-bond acceptors (Lipinski definition) is 6. The van der Waals surface area contributed by atoms with Gasteiger partial charge in [-0.3, -0.25) is 0 Å². The van der Waals surface area contributed by atoms with Gasteiger partial charge in [-0.15, -0.1) is 0 Å². The summed E-state index contributed by atoms with van der Waals surface area (Å²) in [7, 11) is 0. The molecule has 0 aromatic carbocycles. The Bertz CT molecular complexity index is 236. The molecule has 0 aromatic rings. The van der Waals surface area contributed by atoms with Crippen LogP contribution in [0.25, 0.3) is 0 Å². The molecular weight excluding hydrogens is 240 g/mol. The van der Waals surface area contributed by atoms with Crippen molar-refractivity contribution in [2.24, 2.45) is 0 Å². The van der Waals surface area contributed by atoms with Gasteiger partial charge in [-0.1, -0.05) is 13.2 Å². The standard InChI is InChI=1S/C8H10O4.C4H8O2/c1-3-7(9)11-5-6-12-8(10)4-2;1-2-6-4-3-5-1/h3-4H,1-2,5-6H2;1-4H2. The lowest BCUT2D eigenvalue weighted by atomic mass is 10.6. The first kappa shape index (κ1) is 16.3. The number of carbonyl (C=O) groups is 2. The van der Waals surface area contributed by atoms with E-state index in [-0.39, 0.29) is 13.2 Å². The first-order valence-corrected chi connectivity index (χ1v) is 5.44. The van der Waals surface area contributed by atoms with E-state index < -0.39 is 11.9 Å². The predicted molar refractivity (Wildman–Crippen MR) is 64.0 cm³/mol. The average molecular weight is 258 g/mol. The third-order valence-electron chi connectivity index (χ3n) is 1.65. The topological polar surface area (TPSA) is 71.1 Å². The van der Waals surface area contributed by atoms with Gasteiger partial charge in [0.05, 0.1) is 26.4 Å². The summed E-state index contributed by atoms with van der Waals surface area (Å²) < 4.78 is 18.9. The van der Waals surface area contributed by atoms with Crippen molar-refractivity contribution >= 4 is 11.9 Å². The van der Waals surface area contributed by atoms with Gasteiger partial charge in [-0.05, 0) is 0 Å². The molecule has 18 heavy (non-hydrogen) atoms. The van der Waals surface area contributed by atoms with Gasteiger partial charge in [0.15, 0.2) is 0 Å². The quantitative estimate of drug-likeness (QED) is 0.406. The fraction of sp³-hybridized carbons (Fsp3) is 0.500. The van der Waals surface area contributed by atoms with Crippen LogP contribution in [0.2, 0.25) is 0 Å². The highest BCUT2D eigenvalue weighted by Crippen LogP contribution is 1.85. The molecular formula is C12H18O6. The summed E-state index contributed by atoms with van der Waals surface area (Å²) in [5.41, 5.74) is 0. The third-order valence-corrected chi connectivity index (χ3v) is 1.65. The van der Waals surface area contributed by atoms with E-state index in [2.05, 4.69) is 22.6 Å². The van der Waals surface area contributed by atoms with Crippen molar-refractivity contribution in [1.29, 1.82) is 0 Å². The summed E-state index contributed by atoms with van der Waals surface area (Å²) >= 11 is 0. The van der Waals surface area contributed by atoms with Crippen LogP contribution in [0.15, 0.2) is 25.3 Å². The molecule has 1 heterocycles. The lowest BCUT2D eigenvalue weighted by molar-refractivity contribution is -0.146. The second kappa shape index (κ2) is 11.8. The number of esters is 2. The zero-order valence-electron chi connectivity index (χ0n) is 10.3. The normalized spacial score (nSPS) is 13.6. The Morgan fingerprint density at radius 1 is 0.889 bits per heavy atom. The molecule has 0 bridgehead atoms. The molecule has 1 rings (SSSR count). The summed E-state index contributed by atoms with van der Waals surface area (Å²) in [6.07, 6.45) is 2.07. The SMILES string of the molecule is C1COCCO1.C=CC(=O)OCCOC(=O)C=C. The molecule has 102 valence electrons. The Morgan fingerprint density at radius 2 is 1.22 bits per heavy atom. The molecule has 0 unspecified atom stereocenters. The highest BCUT2D eigenvalue weighted by Gasteiger charge is 1.97. The van der Waals surface area contributed by atoms with Crippen molar-refractivity contribution < 1.29 is 28.5 Å². The molecule has 6 nitrogen and oxygen atoms in total. The van der Waals surface area contributed by atoms with Crippen LogP contribution in [0.1, 0.15) is 0 Å². The van der Waals surface area contributed by atoms with E-state index in [1.54, 1.807) is 0 Å². The lowest BCUT2D eigenvalue weighted by Gasteiger charge is -2.09. The lowest BCUT2D eigenvalue weighted by Crippen LogP contribution is -2.16. The van der Waals surface area contributed by atoms with E-state index in [1.807, 2.05) is 0 Å². The van der Waals surface area contributed by atoms with E-state index in [0.717, 1.165) is 38.6 Å². The van der Waals surface area contributed by atoms with Crippen molar-refractivity contribution in [1.82, 2.24) is 0 Å². The fourth-order valence-corrected chi connectivity index (χ4v) is 0.842. The van der Waals surface area contributed by atoms with Crippen LogP contribution < -0.4 is 0 Å². The number of rotatable bonds is 5. The van der Waals surface area contributed by atoms with Gasteiger partial charge in [-0.25, -0.2) is 9.59 Å². The molecule has 1 saturated heterocycles. The van der Waals surface area contributed by atoms with Gasteiger partial charge < -0.3 is 18.9 Å². The van der Waals surface area contributed by atoms with Crippen LogP contribution in [0.4, 0.5) is 0 Å². The molecule has 1 fully saturated rings. The van der Waals surface area contributed by atoms with Crippen LogP contribution in [0.5, 0.6) is 0 Å². The number of ether oxygens (including phenoxy) is 4. The number of carbonyl (C=O) groups excluding carboxylic acids is 2. The molecule has 0 atom stereocenters. The Balaban J connectivity index is 0.000000397. The Morgan fingerprint density at radius 3 is 1.44 bits per heavy atom. The van der Waals surface area contributed by atoms with E-state index in [9.17, 15) is 9.59 Å². The smallest absolute Gasteiger partial charge is 0.330 e. The van der Waals surface area contributed by atoms with Crippen molar-refractivity contribution in [3.05, 3.63) is 25.3 Å². The van der Waals surface area contributed by atoms with Crippen LogP contribution in [0.3, 0.4) is 0 Å². The molecule has 1 aliphatic rings. The highest BCUT2D eigenvalue weighted by atomic mass is 16.6. The van der Waals surface area contributed by atoms with Gasteiger partial charge >= 0.3 is 11.9 Å². The second-order valence-electron chi connectivity index (χ2n) is 2.97. The Hall–Kier alpha value is -1.66. The van der Waals surface area contributed by atoms with Crippen LogP contribution in [0, 0.1) is 0 Å². The van der Waals surface area contributed by atoms with E-state index in [1.165, 1.54) is 0 Å². The first-order valence-electron chi connectivity index (χ1n) is 5.44. The van der Waals surface area contributed by atoms with Gasteiger partial charge in [0.2, 0.25) is 0 Å². The summed E-state index contributed by atoms with van der Waals surface area (Å²) in [6, 6.07) is 0. The van der Waals surface area contributed by atoms with Crippen LogP contribution >= 0.6 is 0 Å². The molecule has 0 aliphatic carbocycles. The summed E-state index contributed by atoms with van der Waals surface area (Å²) in [5.74, 6) is -1.07. The van der Waals surface area contributed by atoms with E-state index in [4.69, 9.17) is 9.47 Å². The molecule has 0 radical (unpaired) electrons. The highest BCUT2D eigenvalue weighted by molar-refractivity contribution is 5.81. The minimum absolute atomic E-state index is 0.0322. The molecule has 0 amide bonds. The minimum atomic E-state index is -0.537. The van der Waals surface area contributed by atoms with E-state index >= 15 is 0 Å². The monoisotopic (exact) mass is 258 g/mol. The third kappa shape index (κ3) is 10.8. The van der Waals surface area contributed by atoms with Crippen LogP contribution in [-0.4, -0.2) is 51.6 Å². The molecule has 6 heteroatoms. The van der Waals surface area contributed by atoms with Crippen molar-refractivity contribution in [3.63, 3.8) is 0 Å². The molecule has 0 aromatic heterocycles. The van der Waals surface area contributed by atoms with Crippen molar-refractivity contribution in [2.75, 3.05) is 39.6 Å². The maximum absolute atomic E-state index is 10.4. The van der Waals surface area contributed by atoms with Gasteiger partial charge in [-0.2, -0.15) is 0 Å². The molecule has 0 spiro atoms. The average Bonchev–Trinajstić information content (AvgIpc) is 2.45. The zero-order chi connectivity index (χ0) is 13.6. The Kier molecular flexibility index (Phi) is 10.7. The van der Waals surface area contributed by atoms with Gasteiger partial charge in [0.25, 0.3) is 0 Å². The summed E-state index contributed by atoms with van der Waals surface area (Å²) in [4.78, 5) is 20.9. The largest absolute Gasteiger partial charge is 0.459 e. The van der Waals surface area contributed by atoms with Crippen molar-refractivity contribution in [2.45, 2.75) is 0 Å². The molecule has 1 aliphatic heterocycles. The summed E-state index contributed by atoms with van der Waals surface area (Å²) in [5, 5.41) is 0. The van der Waals surface area contributed by atoms with Crippen molar-refractivity contribution in [3.8, 4) is 0 Å². The molecule has 0 N–H and O–H groups in total. The number of hydrogen-bond donors (Lipinski definition) is 0. The minimum Gasteiger partial charge on any atom is -0.459 e. The van der Waals surface area contributed by atoms with Crippen LogP contribution in [-0.2, 0) is 28.5 Å². The maximum Gasteiger partial charge on any atom is 0.330 e. The fourth-order valence-electron chi connectivity index (χ4n) is 0.842. The second-order valence-corrected chi connectivity index (χ2v) is 2.97. The molecule has 0 saturated carbocycles. The van der Waals surface area contributed by atoms with E-state index in [0.29, 0.717) is 0 Å². The first-order chi connectivity index (χ1) is 8.70. The zero-order valence-corrected chi connectivity index (χ0v) is 10.3. The predicted octanol–water partition coefficient (Wildman–Crippen LogP) is 0.478. The maximum atomic E-state index is 10.4. The van der Waals surface area contributed by atoms with Gasteiger partial charge in [0, 0.05) is 12.2 Å².